The van der Waals surface area contributed by atoms with Gasteiger partial charge in [0.25, 0.3) is 0 Å². The van der Waals surface area contributed by atoms with Gasteiger partial charge < -0.3 is 15.0 Å². The Morgan fingerprint density at radius 1 is 1.24 bits per heavy atom. The molecular weight excluding hydrogens is 425 g/mol. The summed E-state index contributed by atoms with van der Waals surface area (Å²) in [4.78, 5) is 7.19. The summed E-state index contributed by atoms with van der Waals surface area (Å²) in [5.74, 6) is 1.08. The number of hydrogen-bond acceptors (Lipinski definition) is 2. The van der Waals surface area contributed by atoms with Gasteiger partial charge >= 0.3 is 0 Å². The van der Waals surface area contributed by atoms with E-state index in [4.69, 9.17) is 9.73 Å². The maximum atomic E-state index is 5.73. The van der Waals surface area contributed by atoms with E-state index in [1.54, 1.807) is 0 Å². The second kappa shape index (κ2) is 11.7. The average molecular weight is 459 g/mol. The van der Waals surface area contributed by atoms with Crippen LogP contribution in [0.15, 0.2) is 35.3 Å². The first-order valence-electron chi connectivity index (χ1n) is 9.26. The van der Waals surface area contributed by atoms with E-state index in [0.29, 0.717) is 12.0 Å². The molecule has 1 N–H and O–H groups in total. The van der Waals surface area contributed by atoms with Gasteiger partial charge in [-0.15, -0.1) is 24.0 Å². The van der Waals surface area contributed by atoms with Gasteiger partial charge in [-0.05, 0) is 37.2 Å². The van der Waals surface area contributed by atoms with E-state index < -0.39 is 0 Å². The van der Waals surface area contributed by atoms with Crippen LogP contribution in [0.2, 0.25) is 0 Å². The zero-order valence-corrected chi connectivity index (χ0v) is 18.3. The summed E-state index contributed by atoms with van der Waals surface area (Å²) in [5.41, 5.74) is 1.64. The molecule has 5 heteroatoms. The SMILES string of the molecule is CCNC(=NCCCCOCc1ccccc1)N1CCC(C)(C)C1.I. The summed E-state index contributed by atoms with van der Waals surface area (Å²) in [6.45, 7) is 12.3. The molecule has 1 aliphatic rings. The first-order chi connectivity index (χ1) is 11.6. The van der Waals surface area contributed by atoms with Gasteiger partial charge in [0.1, 0.15) is 0 Å². The Labute approximate surface area is 170 Å². The van der Waals surface area contributed by atoms with Crippen molar-refractivity contribution < 1.29 is 4.74 Å². The van der Waals surface area contributed by atoms with Gasteiger partial charge in [0.15, 0.2) is 5.96 Å². The number of nitrogens with zero attached hydrogens (tertiary/aromatic N) is 2. The maximum absolute atomic E-state index is 5.73. The molecule has 0 saturated carbocycles. The number of benzene rings is 1. The van der Waals surface area contributed by atoms with Crippen molar-refractivity contribution in [3.8, 4) is 0 Å². The number of halogens is 1. The van der Waals surface area contributed by atoms with Crippen LogP contribution in [0, 0.1) is 5.41 Å². The summed E-state index contributed by atoms with van der Waals surface area (Å²) >= 11 is 0. The van der Waals surface area contributed by atoms with Crippen LogP contribution >= 0.6 is 24.0 Å². The van der Waals surface area contributed by atoms with Gasteiger partial charge in [-0.1, -0.05) is 44.2 Å². The standard InChI is InChI=1S/C20H33N3O.HI/c1-4-21-19(23-14-12-20(2,3)17-23)22-13-8-9-15-24-16-18-10-6-5-7-11-18;/h5-7,10-11H,4,8-9,12-17H2,1-3H3,(H,21,22);1H. The number of hydrogen-bond donors (Lipinski definition) is 1. The minimum Gasteiger partial charge on any atom is -0.377 e. The Morgan fingerprint density at radius 2 is 2.00 bits per heavy atom. The van der Waals surface area contributed by atoms with Crippen molar-refractivity contribution in [3.05, 3.63) is 35.9 Å². The van der Waals surface area contributed by atoms with Crippen LogP contribution in [0.25, 0.3) is 0 Å². The fourth-order valence-electron chi connectivity index (χ4n) is 2.98. The van der Waals surface area contributed by atoms with Crippen molar-refractivity contribution in [1.82, 2.24) is 10.2 Å². The molecule has 142 valence electrons. The molecule has 25 heavy (non-hydrogen) atoms. The first-order valence-corrected chi connectivity index (χ1v) is 9.26. The van der Waals surface area contributed by atoms with E-state index >= 15 is 0 Å². The third-order valence-electron chi connectivity index (χ3n) is 4.38. The van der Waals surface area contributed by atoms with Gasteiger partial charge in [-0.3, -0.25) is 4.99 Å². The molecule has 2 rings (SSSR count). The lowest BCUT2D eigenvalue weighted by atomic mass is 9.93. The Kier molecular flexibility index (Phi) is 10.4. The molecule has 1 saturated heterocycles. The van der Waals surface area contributed by atoms with Gasteiger partial charge in [0.05, 0.1) is 6.61 Å². The van der Waals surface area contributed by atoms with Crippen LogP contribution in [0.3, 0.4) is 0 Å². The number of likely N-dealkylation sites (tertiary alicyclic amines) is 1. The van der Waals surface area contributed by atoms with Crippen molar-refractivity contribution in [2.45, 2.75) is 46.6 Å². The van der Waals surface area contributed by atoms with E-state index in [-0.39, 0.29) is 24.0 Å². The fraction of sp³-hybridized carbons (Fsp3) is 0.650. The zero-order chi connectivity index (χ0) is 17.3. The van der Waals surface area contributed by atoms with Crippen LogP contribution in [-0.2, 0) is 11.3 Å². The third kappa shape index (κ3) is 8.40. The largest absolute Gasteiger partial charge is 0.377 e. The highest BCUT2D eigenvalue weighted by Gasteiger charge is 2.30. The van der Waals surface area contributed by atoms with E-state index in [1.807, 2.05) is 6.07 Å². The number of ether oxygens (including phenoxy) is 1. The molecule has 1 fully saturated rings. The number of aliphatic imine (C=N–C) groups is 1. The van der Waals surface area contributed by atoms with Crippen LogP contribution in [0.1, 0.15) is 45.6 Å². The lowest BCUT2D eigenvalue weighted by Gasteiger charge is -2.23. The van der Waals surface area contributed by atoms with E-state index in [2.05, 4.69) is 55.3 Å². The fourth-order valence-corrected chi connectivity index (χ4v) is 2.98. The highest BCUT2D eigenvalue weighted by atomic mass is 127. The summed E-state index contributed by atoms with van der Waals surface area (Å²) in [6, 6.07) is 10.3. The predicted molar refractivity (Wildman–Crippen MR) is 117 cm³/mol. The van der Waals surface area contributed by atoms with Crippen molar-refractivity contribution >= 4 is 29.9 Å². The molecule has 0 aromatic heterocycles. The highest BCUT2D eigenvalue weighted by Crippen LogP contribution is 2.28. The summed E-state index contributed by atoms with van der Waals surface area (Å²) in [5, 5.41) is 3.43. The minimum atomic E-state index is 0. The van der Waals surface area contributed by atoms with Crippen LogP contribution in [-0.4, -0.2) is 43.6 Å². The summed E-state index contributed by atoms with van der Waals surface area (Å²) in [6.07, 6.45) is 3.37. The Hall–Kier alpha value is -0.820. The second-order valence-electron chi connectivity index (χ2n) is 7.32. The lowest BCUT2D eigenvalue weighted by molar-refractivity contribution is 0.117. The van der Waals surface area contributed by atoms with Gasteiger partial charge in [0, 0.05) is 32.8 Å². The monoisotopic (exact) mass is 459 g/mol. The van der Waals surface area contributed by atoms with Crippen molar-refractivity contribution in [2.24, 2.45) is 10.4 Å². The third-order valence-corrected chi connectivity index (χ3v) is 4.38. The molecule has 0 radical (unpaired) electrons. The number of unbranched alkanes of at least 4 members (excludes halogenated alkanes) is 1. The van der Waals surface area contributed by atoms with Gasteiger partial charge in [-0.2, -0.15) is 0 Å². The van der Waals surface area contributed by atoms with Crippen molar-refractivity contribution in [3.63, 3.8) is 0 Å². The number of nitrogens with one attached hydrogen (secondary N) is 1. The molecule has 1 heterocycles. The van der Waals surface area contributed by atoms with E-state index in [1.165, 1.54) is 12.0 Å². The maximum Gasteiger partial charge on any atom is 0.193 e. The van der Waals surface area contributed by atoms with E-state index in [0.717, 1.165) is 51.6 Å². The molecule has 1 aliphatic heterocycles. The molecular formula is C20H34IN3O. The average Bonchev–Trinajstić information content (AvgIpc) is 2.94. The van der Waals surface area contributed by atoms with Gasteiger partial charge in [-0.25, -0.2) is 0 Å². The molecule has 0 atom stereocenters. The Bertz CT molecular complexity index is 505. The molecule has 0 aliphatic carbocycles. The predicted octanol–water partition coefficient (Wildman–Crippen LogP) is 4.30. The van der Waals surface area contributed by atoms with Crippen molar-refractivity contribution in [1.29, 1.82) is 0 Å². The molecule has 4 nitrogen and oxygen atoms in total. The Balaban J connectivity index is 0.00000312. The zero-order valence-electron chi connectivity index (χ0n) is 16.0. The molecule has 0 amide bonds. The minimum absolute atomic E-state index is 0. The van der Waals surface area contributed by atoms with E-state index in [9.17, 15) is 0 Å². The lowest BCUT2D eigenvalue weighted by Crippen LogP contribution is -2.40. The smallest absolute Gasteiger partial charge is 0.193 e. The van der Waals surface area contributed by atoms with Crippen LogP contribution in [0.5, 0.6) is 0 Å². The Morgan fingerprint density at radius 3 is 2.64 bits per heavy atom. The van der Waals surface area contributed by atoms with Crippen LogP contribution < -0.4 is 5.32 Å². The molecule has 1 aromatic rings. The molecule has 0 spiro atoms. The van der Waals surface area contributed by atoms with Gasteiger partial charge in [0.2, 0.25) is 0 Å². The molecule has 1 aromatic carbocycles. The van der Waals surface area contributed by atoms with Crippen LogP contribution in [0.4, 0.5) is 0 Å². The number of guanidine groups is 1. The van der Waals surface area contributed by atoms with Crippen molar-refractivity contribution in [2.75, 3.05) is 32.8 Å². The number of rotatable bonds is 8. The second-order valence-corrected chi connectivity index (χ2v) is 7.32. The summed E-state index contributed by atoms with van der Waals surface area (Å²) < 4.78 is 5.73. The highest BCUT2D eigenvalue weighted by molar-refractivity contribution is 14.0. The first kappa shape index (κ1) is 22.2. The molecule has 0 bridgehead atoms. The topological polar surface area (TPSA) is 36.9 Å². The summed E-state index contributed by atoms with van der Waals surface area (Å²) in [7, 11) is 0. The normalized spacial score (nSPS) is 16.6. The molecule has 0 unspecified atom stereocenters. The quantitative estimate of drug-likeness (QED) is 0.273.